The van der Waals surface area contributed by atoms with Crippen LogP contribution in [0.25, 0.3) is 55.0 Å². The lowest BCUT2D eigenvalue weighted by Gasteiger charge is -2.42. The predicted molar refractivity (Wildman–Crippen MR) is 180 cm³/mol. The van der Waals surface area contributed by atoms with Crippen LogP contribution in [-0.4, -0.2) is 0 Å². The summed E-state index contributed by atoms with van der Waals surface area (Å²) in [6, 6.07) is 43.3. The Kier molecular flexibility index (Phi) is 5.07. The summed E-state index contributed by atoms with van der Waals surface area (Å²) in [4.78, 5) is 15.4. The number of anilines is 3. The Labute approximate surface area is 253 Å². The molecule has 0 spiro atoms. The topological polar surface area (TPSA) is 46.6 Å². The summed E-state index contributed by atoms with van der Waals surface area (Å²) in [6.45, 7) is 4.61. The zero-order valence-electron chi connectivity index (χ0n) is 24.3. The highest BCUT2D eigenvalue weighted by Crippen LogP contribution is 2.53. The van der Waals surface area contributed by atoms with E-state index in [9.17, 15) is 4.79 Å². The van der Waals surface area contributed by atoms with Crippen molar-refractivity contribution < 1.29 is 8.83 Å². The van der Waals surface area contributed by atoms with Crippen LogP contribution in [0, 0.1) is 0 Å². The molecule has 0 amide bonds. The van der Waals surface area contributed by atoms with Gasteiger partial charge in [-0.1, -0.05) is 80.6 Å². The van der Waals surface area contributed by atoms with Gasteiger partial charge in [-0.3, -0.25) is 4.79 Å². The van der Waals surface area contributed by atoms with E-state index in [2.05, 4.69) is 91.5 Å². The zero-order valence-corrected chi connectivity index (χ0v) is 24.3. The minimum atomic E-state index is -0.200. The summed E-state index contributed by atoms with van der Waals surface area (Å²) in [5, 5.41) is 3.46. The molecule has 4 nitrogen and oxygen atoms in total. The minimum absolute atomic E-state index is 0.00679. The Morgan fingerprint density at radius 3 is 1.91 bits per heavy atom. The number of para-hydroxylation sites is 3. The van der Waals surface area contributed by atoms with Gasteiger partial charge in [-0.15, -0.1) is 0 Å². The second kappa shape index (κ2) is 8.95. The molecule has 0 unspecified atom stereocenters. The van der Waals surface area contributed by atoms with E-state index in [-0.39, 0.29) is 10.8 Å². The van der Waals surface area contributed by atoms with Gasteiger partial charge in [0.1, 0.15) is 22.3 Å². The first-order valence-corrected chi connectivity index (χ1v) is 14.9. The van der Waals surface area contributed by atoms with Crippen molar-refractivity contribution in [1.29, 1.82) is 0 Å². The van der Waals surface area contributed by atoms with Crippen LogP contribution < -0.4 is 10.3 Å². The molecule has 0 atom stereocenters. The van der Waals surface area contributed by atoms with E-state index in [0.717, 1.165) is 50.1 Å². The maximum Gasteiger partial charge on any atom is 0.200 e. The molecule has 2 aromatic heterocycles. The van der Waals surface area contributed by atoms with Crippen molar-refractivity contribution in [3.8, 4) is 11.1 Å². The van der Waals surface area contributed by atoms with Crippen LogP contribution in [0.1, 0.15) is 25.0 Å². The molecule has 0 aliphatic carbocycles. The molecule has 210 valence electrons. The SMILES string of the molecule is CC1(C)c2ccccc2N(c2ccc(-c3ccc4c(=O)c5ccccc5oc4c3)cc2)c2cc3oc4ccccc4c3cc21. The van der Waals surface area contributed by atoms with E-state index < -0.39 is 0 Å². The van der Waals surface area contributed by atoms with Gasteiger partial charge in [0.15, 0.2) is 0 Å². The van der Waals surface area contributed by atoms with Crippen molar-refractivity contribution in [2.75, 3.05) is 4.90 Å². The van der Waals surface area contributed by atoms with E-state index in [4.69, 9.17) is 8.83 Å². The van der Waals surface area contributed by atoms with Crippen molar-refractivity contribution in [3.63, 3.8) is 0 Å². The highest BCUT2D eigenvalue weighted by molar-refractivity contribution is 6.07. The van der Waals surface area contributed by atoms with E-state index in [1.54, 1.807) is 0 Å². The van der Waals surface area contributed by atoms with E-state index >= 15 is 0 Å². The molecule has 0 bridgehead atoms. The second-order valence-electron chi connectivity index (χ2n) is 12.1. The molecule has 4 heteroatoms. The molecule has 0 saturated heterocycles. The maximum absolute atomic E-state index is 13.1. The fourth-order valence-electron chi connectivity index (χ4n) is 6.98. The van der Waals surface area contributed by atoms with Crippen LogP contribution in [0.4, 0.5) is 17.1 Å². The van der Waals surface area contributed by atoms with Gasteiger partial charge in [-0.2, -0.15) is 0 Å². The van der Waals surface area contributed by atoms with Gasteiger partial charge in [-0.25, -0.2) is 0 Å². The molecule has 0 N–H and O–H groups in total. The molecule has 0 radical (unpaired) electrons. The van der Waals surface area contributed by atoms with Crippen LogP contribution in [0.3, 0.4) is 0 Å². The van der Waals surface area contributed by atoms with Crippen molar-refractivity contribution in [1.82, 2.24) is 0 Å². The van der Waals surface area contributed by atoms with E-state index in [1.165, 1.54) is 11.1 Å². The average molecular weight is 570 g/mol. The molecule has 6 aromatic carbocycles. The highest BCUT2D eigenvalue weighted by Gasteiger charge is 2.37. The maximum atomic E-state index is 13.1. The van der Waals surface area contributed by atoms with Crippen molar-refractivity contribution in [2.24, 2.45) is 0 Å². The van der Waals surface area contributed by atoms with E-state index in [1.807, 2.05) is 54.6 Å². The fraction of sp³-hybridized carbons (Fsp3) is 0.0750. The molecule has 8 aromatic rings. The van der Waals surface area contributed by atoms with Gasteiger partial charge in [0.05, 0.1) is 22.1 Å². The van der Waals surface area contributed by atoms with Crippen molar-refractivity contribution >= 4 is 60.9 Å². The number of nitrogens with zero attached hydrogens (tertiary/aromatic N) is 1. The summed E-state index contributed by atoms with van der Waals surface area (Å²) in [7, 11) is 0. The third kappa shape index (κ3) is 3.48. The largest absolute Gasteiger partial charge is 0.456 e. The van der Waals surface area contributed by atoms with Crippen LogP contribution in [0.5, 0.6) is 0 Å². The predicted octanol–water partition coefficient (Wildman–Crippen LogP) is 10.6. The Hall–Kier alpha value is -5.61. The van der Waals surface area contributed by atoms with Crippen molar-refractivity contribution in [3.05, 3.63) is 149 Å². The molecule has 3 heterocycles. The third-order valence-electron chi connectivity index (χ3n) is 9.26. The summed E-state index contributed by atoms with van der Waals surface area (Å²) in [5.41, 5.74) is 10.7. The quantitative estimate of drug-likeness (QED) is 0.194. The summed E-state index contributed by atoms with van der Waals surface area (Å²) in [6.07, 6.45) is 0. The first-order chi connectivity index (χ1) is 21.5. The average Bonchev–Trinajstić information content (AvgIpc) is 3.42. The molecule has 1 aliphatic rings. The van der Waals surface area contributed by atoms with Gasteiger partial charge in [0.2, 0.25) is 5.43 Å². The molecular formula is C40H27NO3. The Morgan fingerprint density at radius 2 is 1.11 bits per heavy atom. The highest BCUT2D eigenvalue weighted by atomic mass is 16.3. The van der Waals surface area contributed by atoms with Gasteiger partial charge in [0.25, 0.3) is 0 Å². The van der Waals surface area contributed by atoms with Crippen LogP contribution in [0.15, 0.2) is 141 Å². The van der Waals surface area contributed by atoms with Gasteiger partial charge in [-0.05, 0) is 76.9 Å². The lowest BCUT2D eigenvalue weighted by Crippen LogP contribution is -2.30. The van der Waals surface area contributed by atoms with Crippen LogP contribution >= 0.6 is 0 Å². The smallest absolute Gasteiger partial charge is 0.200 e. The first kappa shape index (κ1) is 24.9. The Morgan fingerprint density at radius 1 is 0.500 bits per heavy atom. The number of benzene rings is 6. The minimum Gasteiger partial charge on any atom is -0.456 e. The number of fused-ring (bicyclic) bond motifs is 7. The Bertz CT molecular complexity index is 2500. The lowest BCUT2D eigenvalue weighted by molar-refractivity contribution is 0.630. The monoisotopic (exact) mass is 569 g/mol. The van der Waals surface area contributed by atoms with Crippen molar-refractivity contribution in [2.45, 2.75) is 19.3 Å². The van der Waals surface area contributed by atoms with Crippen LogP contribution in [-0.2, 0) is 5.41 Å². The lowest BCUT2D eigenvalue weighted by atomic mass is 9.73. The molecular weight excluding hydrogens is 542 g/mol. The molecule has 1 aliphatic heterocycles. The second-order valence-corrected chi connectivity index (χ2v) is 12.1. The molecule has 9 rings (SSSR count). The molecule has 0 saturated carbocycles. The normalized spacial score (nSPS) is 13.9. The summed E-state index contributed by atoms with van der Waals surface area (Å²) >= 11 is 0. The summed E-state index contributed by atoms with van der Waals surface area (Å²) in [5.74, 6) is 0. The zero-order chi connectivity index (χ0) is 29.6. The van der Waals surface area contributed by atoms with Gasteiger partial charge in [0, 0.05) is 27.9 Å². The third-order valence-corrected chi connectivity index (χ3v) is 9.26. The summed E-state index contributed by atoms with van der Waals surface area (Å²) < 4.78 is 12.5. The van der Waals surface area contributed by atoms with Gasteiger partial charge < -0.3 is 13.7 Å². The van der Waals surface area contributed by atoms with Crippen LogP contribution in [0.2, 0.25) is 0 Å². The first-order valence-electron chi connectivity index (χ1n) is 14.9. The van der Waals surface area contributed by atoms with E-state index in [0.29, 0.717) is 21.9 Å². The molecule has 0 fully saturated rings. The number of hydrogen-bond donors (Lipinski definition) is 0. The number of furan rings is 1. The Balaban J connectivity index is 1.19. The number of hydrogen-bond acceptors (Lipinski definition) is 4. The van der Waals surface area contributed by atoms with Gasteiger partial charge >= 0.3 is 0 Å². The molecule has 44 heavy (non-hydrogen) atoms. The fourth-order valence-corrected chi connectivity index (χ4v) is 6.98. The number of rotatable bonds is 2. The standard InChI is InChI=1S/C40H27NO3/c1-40(2)31-11-5-6-12-33(31)41(34-23-38-30(22-32(34)40)27-9-3-7-13-35(27)43-38)26-18-15-24(16-19-26)25-17-20-29-37(21-25)44-36-14-8-4-10-28(36)39(29)42/h3-23H,1-2H3.